The average Bonchev–Trinajstić information content (AvgIpc) is 3.69. The van der Waals surface area contributed by atoms with Crippen molar-refractivity contribution in [1.82, 2.24) is 29.6 Å². The number of nitrogens with zero attached hydrogens (tertiary/aromatic N) is 5. The third-order valence-electron chi connectivity index (χ3n) is 9.35. The van der Waals surface area contributed by atoms with Gasteiger partial charge in [0.05, 0.1) is 19.8 Å². The van der Waals surface area contributed by atoms with Crippen molar-refractivity contribution in [2.24, 2.45) is 0 Å². The lowest BCUT2D eigenvalue weighted by Crippen LogP contribution is -2.50. The van der Waals surface area contributed by atoms with Crippen LogP contribution >= 0.6 is 0 Å². The fraction of sp³-hybridized carbons (Fsp3) is 0.406. The van der Waals surface area contributed by atoms with Crippen molar-refractivity contribution >= 4 is 29.0 Å². The average molecular weight is 581 g/mol. The van der Waals surface area contributed by atoms with Crippen LogP contribution < -0.4 is 16.4 Å². The zero-order chi connectivity index (χ0) is 29.6. The third kappa shape index (κ3) is 5.12. The van der Waals surface area contributed by atoms with E-state index in [-0.39, 0.29) is 22.8 Å². The normalized spacial score (nSPS) is 23.5. The molecule has 4 N–H and O–H groups in total. The maximum atomic E-state index is 13.1. The molecule has 222 valence electrons. The number of nitrogens with two attached hydrogens (primary N) is 1. The molecule has 2 amide bonds. The number of fused-ring (bicyclic) bond motifs is 3. The molecule has 1 aromatic carbocycles. The molecule has 11 heteroatoms. The minimum absolute atomic E-state index is 0.0871. The molecule has 4 aromatic rings. The molecule has 0 spiro atoms. The van der Waals surface area contributed by atoms with Gasteiger partial charge in [0.15, 0.2) is 0 Å². The first-order valence-corrected chi connectivity index (χ1v) is 14.9. The van der Waals surface area contributed by atoms with Crippen LogP contribution in [0.4, 0.5) is 11.6 Å². The number of pyridine rings is 1. The molecule has 2 bridgehead atoms. The first kappa shape index (κ1) is 27.5. The summed E-state index contributed by atoms with van der Waals surface area (Å²) in [5.41, 5.74) is 9.95. The fourth-order valence-electron chi connectivity index (χ4n) is 7.19. The summed E-state index contributed by atoms with van der Waals surface area (Å²) in [7, 11) is 0. The topological polar surface area (TPSA) is 140 Å². The van der Waals surface area contributed by atoms with Crippen molar-refractivity contribution in [3.05, 3.63) is 71.9 Å². The number of aromatic nitrogens is 4. The zero-order valence-corrected chi connectivity index (χ0v) is 24.3. The standard InChI is InChI=1S/C32H36N8O3/c1-21-6-11-34-24(18-21)36-29(42)23-4-2-22(3-5-23)26-27-28(33)35-12-13-40(27)30(37-26)31-7-9-32(20-31,10-8-31)38-25(41)19-39-14-16-43-17-15-39/h2-6,11-13,18H,7-10,14-17,19-20H2,1H3,(H2,33,35)(H,38,41)(H,34,36,42). The number of rotatable bonds is 7. The summed E-state index contributed by atoms with van der Waals surface area (Å²) >= 11 is 0. The van der Waals surface area contributed by atoms with Crippen LogP contribution in [-0.4, -0.2) is 74.5 Å². The third-order valence-corrected chi connectivity index (χ3v) is 9.35. The van der Waals surface area contributed by atoms with Gasteiger partial charge in [0, 0.05) is 53.8 Å². The van der Waals surface area contributed by atoms with Crippen LogP contribution in [0.15, 0.2) is 55.0 Å². The maximum absolute atomic E-state index is 13.1. The zero-order valence-electron chi connectivity index (χ0n) is 24.3. The Morgan fingerprint density at radius 1 is 1.02 bits per heavy atom. The number of hydrogen-bond acceptors (Lipinski definition) is 8. The van der Waals surface area contributed by atoms with Crippen molar-refractivity contribution < 1.29 is 14.3 Å². The minimum atomic E-state index is -0.232. The van der Waals surface area contributed by atoms with E-state index in [1.54, 1.807) is 24.5 Å². The molecular formula is C32H36N8O3. The fourth-order valence-corrected chi connectivity index (χ4v) is 7.19. The molecule has 0 unspecified atom stereocenters. The Labute approximate surface area is 249 Å². The van der Waals surface area contributed by atoms with Crippen LogP contribution in [0.5, 0.6) is 0 Å². The number of nitrogens with one attached hydrogen (secondary N) is 2. The number of anilines is 2. The van der Waals surface area contributed by atoms with E-state index >= 15 is 0 Å². The smallest absolute Gasteiger partial charge is 0.256 e. The molecule has 1 saturated heterocycles. The van der Waals surface area contributed by atoms with Gasteiger partial charge in [-0.05, 0) is 68.9 Å². The summed E-state index contributed by atoms with van der Waals surface area (Å²) in [4.78, 5) is 41.9. The van der Waals surface area contributed by atoms with Crippen LogP contribution in [0.25, 0.3) is 16.8 Å². The van der Waals surface area contributed by atoms with Gasteiger partial charge in [-0.1, -0.05) is 12.1 Å². The van der Waals surface area contributed by atoms with Gasteiger partial charge >= 0.3 is 0 Å². The monoisotopic (exact) mass is 580 g/mol. The molecule has 3 aliphatic rings. The highest BCUT2D eigenvalue weighted by Crippen LogP contribution is 2.57. The molecule has 2 aliphatic carbocycles. The van der Waals surface area contributed by atoms with Gasteiger partial charge in [0.1, 0.15) is 28.7 Å². The van der Waals surface area contributed by atoms with E-state index < -0.39 is 0 Å². The number of morpholine rings is 1. The highest BCUT2D eigenvalue weighted by Gasteiger charge is 2.57. The molecule has 1 aliphatic heterocycles. The van der Waals surface area contributed by atoms with E-state index in [1.165, 1.54) is 0 Å². The molecule has 43 heavy (non-hydrogen) atoms. The van der Waals surface area contributed by atoms with Crippen LogP contribution in [-0.2, 0) is 14.9 Å². The SMILES string of the molecule is Cc1ccnc(NC(=O)c2ccc(-c3nc(C45CCC(NC(=O)CN6CCOCC6)(CC4)C5)n4ccnc(N)c34)cc2)c1. The highest BCUT2D eigenvalue weighted by molar-refractivity contribution is 6.04. The number of imidazole rings is 1. The summed E-state index contributed by atoms with van der Waals surface area (Å²) in [6.45, 7) is 5.30. The summed E-state index contributed by atoms with van der Waals surface area (Å²) < 4.78 is 7.51. The second-order valence-electron chi connectivity index (χ2n) is 12.2. The van der Waals surface area contributed by atoms with E-state index in [0.717, 1.165) is 73.4 Å². The Hall–Kier alpha value is -4.35. The van der Waals surface area contributed by atoms with Crippen molar-refractivity contribution in [1.29, 1.82) is 0 Å². The number of aryl methyl sites for hydroxylation is 1. The van der Waals surface area contributed by atoms with Gasteiger partial charge < -0.3 is 21.1 Å². The molecule has 4 heterocycles. The second kappa shape index (κ2) is 10.7. The van der Waals surface area contributed by atoms with Gasteiger partial charge in [0.2, 0.25) is 5.91 Å². The summed E-state index contributed by atoms with van der Waals surface area (Å²) in [6, 6.07) is 11.1. The number of ether oxygens (including phenoxy) is 1. The summed E-state index contributed by atoms with van der Waals surface area (Å²) in [5, 5.41) is 6.28. The van der Waals surface area contributed by atoms with E-state index in [0.29, 0.717) is 37.0 Å². The second-order valence-corrected chi connectivity index (χ2v) is 12.2. The Morgan fingerprint density at radius 3 is 2.53 bits per heavy atom. The van der Waals surface area contributed by atoms with Crippen LogP contribution in [0, 0.1) is 6.92 Å². The van der Waals surface area contributed by atoms with Gasteiger partial charge in [0.25, 0.3) is 5.91 Å². The van der Waals surface area contributed by atoms with E-state index in [1.807, 2.05) is 37.4 Å². The predicted octanol–water partition coefficient (Wildman–Crippen LogP) is 3.34. The van der Waals surface area contributed by atoms with Crippen molar-refractivity contribution in [2.75, 3.05) is 43.9 Å². The molecular weight excluding hydrogens is 544 g/mol. The Kier molecular flexibility index (Phi) is 6.86. The Morgan fingerprint density at radius 2 is 1.79 bits per heavy atom. The van der Waals surface area contributed by atoms with Gasteiger partial charge in [-0.3, -0.25) is 18.9 Å². The number of benzene rings is 1. The number of hydrogen-bond donors (Lipinski definition) is 3. The van der Waals surface area contributed by atoms with Crippen LogP contribution in [0.3, 0.4) is 0 Å². The van der Waals surface area contributed by atoms with Gasteiger partial charge in [-0.25, -0.2) is 15.0 Å². The Bertz CT molecular complexity index is 1680. The number of carbonyl (C=O) groups excluding carboxylic acids is 2. The molecule has 0 atom stereocenters. The number of carbonyl (C=O) groups is 2. The number of nitrogen functional groups attached to an aromatic ring is 1. The van der Waals surface area contributed by atoms with Gasteiger partial charge in [-0.2, -0.15) is 0 Å². The van der Waals surface area contributed by atoms with Crippen LogP contribution in [0.1, 0.15) is 53.8 Å². The molecule has 3 aromatic heterocycles. The lowest BCUT2D eigenvalue weighted by atomic mass is 9.83. The summed E-state index contributed by atoms with van der Waals surface area (Å²) in [5.74, 6) is 1.73. The maximum Gasteiger partial charge on any atom is 0.256 e. The quantitative estimate of drug-likeness (QED) is 0.303. The minimum Gasteiger partial charge on any atom is -0.382 e. The van der Waals surface area contributed by atoms with Gasteiger partial charge in [-0.15, -0.1) is 0 Å². The van der Waals surface area contributed by atoms with E-state index in [4.69, 9.17) is 15.5 Å². The van der Waals surface area contributed by atoms with Crippen molar-refractivity contribution in [2.45, 2.75) is 50.0 Å². The molecule has 3 fully saturated rings. The molecule has 0 radical (unpaired) electrons. The van der Waals surface area contributed by atoms with Crippen molar-refractivity contribution in [3.63, 3.8) is 0 Å². The predicted molar refractivity (Wildman–Crippen MR) is 163 cm³/mol. The first-order chi connectivity index (χ1) is 20.8. The largest absolute Gasteiger partial charge is 0.382 e. The van der Waals surface area contributed by atoms with E-state index in [2.05, 4.69) is 29.9 Å². The molecule has 11 nitrogen and oxygen atoms in total. The van der Waals surface area contributed by atoms with Crippen LogP contribution in [0.2, 0.25) is 0 Å². The molecule has 7 rings (SSSR count). The number of amides is 2. The highest BCUT2D eigenvalue weighted by atomic mass is 16.5. The Balaban J connectivity index is 1.14. The van der Waals surface area contributed by atoms with Crippen molar-refractivity contribution in [3.8, 4) is 11.3 Å². The summed E-state index contributed by atoms with van der Waals surface area (Å²) in [6.07, 6.45) is 9.89. The van der Waals surface area contributed by atoms with E-state index in [9.17, 15) is 9.59 Å². The lowest BCUT2D eigenvalue weighted by Gasteiger charge is -2.31. The lowest BCUT2D eigenvalue weighted by molar-refractivity contribution is -0.125. The first-order valence-electron chi connectivity index (χ1n) is 14.9. The molecule has 2 saturated carbocycles.